The Balaban J connectivity index is 2.11. The lowest BCUT2D eigenvalue weighted by atomic mass is 10.2. The molecule has 1 aromatic rings. The Morgan fingerprint density at radius 3 is 2.43 bits per heavy atom. The van der Waals surface area contributed by atoms with Crippen LogP contribution in [0.25, 0.3) is 0 Å². The number of alkyl halides is 3. The van der Waals surface area contributed by atoms with Gasteiger partial charge in [-0.05, 0) is 24.7 Å². The van der Waals surface area contributed by atoms with Crippen molar-refractivity contribution >= 4 is 21.6 Å². The van der Waals surface area contributed by atoms with E-state index in [0.717, 1.165) is 38.4 Å². The molecule has 0 unspecified atom stereocenters. The predicted octanol–water partition coefficient (Wildman–Crippen LogP) is 3.53. The van der Waals surface area contributed by atoms with Crippen molar-refractivity contribution in [3.63, 3.8) is 0 Å². The van der Waals surface area contributed by atoms with Gasteiger partial charge in [0.1, 0.15) is 5.75 Å². The molecule has 1 aliphatic heterocycles. The molecule has 0 aliphatic carbocycles. The molecule has 0 radical (unpaired) electrons. The summed E-state index contributed by atoms with van der Waals surface area (Å²) in [6.45, 7) is 5.22. The molecule has 1 heterocycles. The number of rotatable bonds is 4. The summed E-state index contributed by atoms with van der Waals surface area (Å²) in [5.41, 5.74) is 0.721. The first-order chi connectivity index (χ1) is 9.89. The summed E-state index contributed by atoms with van der Waals surface area (Å²) in [4.78, 5) is 4.38. The van der Waals surface area contributed by atoms with Crippen molar-refractivity contribution in [1.29, 1.82) is 0 Å². The van der Waals surface area contributed by atoms with Gasteiger partial charge in [0.15, 0.2) is 6.61 Å². The minimum atomic E-state index is -4.33. The first kappa shape index (κ1) is 16.4. The van der Waals surface area contributed by atoms with Crippen molar-refractivity contribution in [2.45, 2.75) is 13.1 Å². The SMILES string of the molecule is CCN1CCN(c2ccc(Br)cc2OCC(F)(F)F)CC1. The van der Waals surface area contributed by atoms with E-state index >= 15 is 0 Å². The van der Waals surface area contributed by atoms with Crippen LogP contribution in [0.15, 0.2) is 22.7 Å². The fourth-order valence-corrected chi connectivity index (χ4v) is 2.67. The molecule has 2 rings (SSSR count). The van der Waals surface area contributed by atoms with Crippen LogP contribution >= 0.6 is 15.9 Å². The minimum Gasteiger partial charge on any atom is -0.482 e. The highest BCUT2D eigenvalue weighted by Gasteiger charge is 2.29. The molecule has 1 fully saturated rings. The Kier molecular flexibility index (Phi) is 5.37. The number of halogens is 4. The molecule has 21 heavy (non-hydrogen) atoms. The van der Waals surface area contributed by atoms with Gasteiger partial charge in [-0.2, -0.15) is 13.2 Å². The number of piperazine rings is 1. The number of benzene rings is 1. The van der Waals surface area contributed by atoms with E-state index < -0.39 is 12.8 Å². The Morgan fingerprint density at radius 1 is 1.19 bits per heavy atom. The molecule has 118 valence electrons. The van der Waals surface area contributed by atoms with Crippen LogP contribution in [-0.2, 0) is 0 Å². The fraction of sp³-hybridized carbons (Fsp3) is 0.571. The van der Waals surface area contributed by atoms with Crippen molar-refractivity contribution in [2.75, 3.05) is 44.2 Å². The smallest absolute Gasteiger partial charge is 0.422 e. The van der Waals surface area contributed by atoms with Gasteiger partial charge in [-0.1, -0.05) is 22.9 Å². The van der Waals surface area contributed by atoms with Crippen LogP contribution in [0.3, 0.4) is 0 Å². The molecule has 0 N–H and O–H groups in total. The van der Waals surface area contributed by atoms with Gasteiger partial charge in [0.25, 0.3) is 0 Å². The lowest BCUT2D eigenvalue weighted by Gasteiger charge is -2.36. The van der Waals surface area contributed by atoms with Crippen LogP contribution in [0.2, 0.25) is 0 Å². The number of nitrogens with zero attached hydrogens (tertiary/aromatic N) is 2. The highest BCUT2D eigenvalue weighted by Crippen LogP contribution is 2.33. The maximum atomic E-state index is 12.4. The third-order valence-electron chi connectivity index (χ3n) is 3.47. The van der Waals surface area contributed by atoms with Crippen LogP contribution in [0, 0.1) is 0 Å². The zero-order chi connectivity index (χ0) is 15.5. The molecule has 7 heteroatoms. The molecule has 3 nitrogen and oxygen atoms in total. The molecule has 0 spiro atoms. The van der Waals surface area contributed by atoms with Crippen LogP contribution < -0.4 is 9.64 Å². The summed E-state index contributed by atoms with van der Waals surface area (Å²) in [5.74, 6) is 0.270. The second-order valence-electron chi connectivity index (χ2n) is 4.94. The van der Waals surface area contributed by atoms with Crippen LogP contribution in [0.4, 0.5) is 18.9 Å². The number of hydrogen-bond acceptors (Lipinski definition) is 3. The monoisotopic (exact) mass is 366 g/mol. The summed E-state index contributed by atoms with van der Waals surface area (Å²) < 4.78 is 42.8. The van der Waals surface area contributed by atoms with E-state index in [4.69, 9.17) is 4.74 Å². The Bertz CT molecular complexity index is 474. The van der Waals surface area contributed by atoms with E-state index in [2.05, 4.69) is 32.7 Å². The molecular weight excluding hydrogens is 349 g/mol. The van der Waals surface area contributed by atoms with E-state index in [9.17, 15) is 13.2 Å². The Morgan fingerprint density at radius 2 is 1.86 bits per heavy atom. The molecule has 0 aromatic heterocycles. The summed E-state index contributed by atoms with van der Waals surface area (Å²) in [6.07, 6.45) is -4.33. The number of hydrogen-bond donors (Lipinski definition) is 0. The molecule has 0 amide bonds. The Hall–Kier alpha value is -0.950. The summed E-state index contributed by atoms with van der Waals surface area (Å²) in [7, 11) is 0. The quantitative estimate of drug-likeness (QED) is 0.810. The summed E-state index contributed by atoms with van der Waals surface area (Å²) in [6, 6.07) is 5.21. The van der Waals surface area contributed by atoms with Crippen molar-refractivity contribution in [3.8, 4) is 5.75 Å². The summed E-state index contributed by atoms with van der Waals surface area (Å²) >= 11 is 3.27. The van der Waals surface area contributed by atoms with E-state index in [1.54, 1.807) is 12.1 Å². The highest BCUT2D eigenvalue weighted by molar-refractivity contribution is 9.10. The standard InChI is InChI=1S/C14H18BrF3N2O/c1-2-19-5-7-20(8-6-19)12-4-3-11(15)9-13(12)21-10-14(16,17)18/h3-4,9H,2,5-8,10H2,1H3. The average molecular weight is 367 g/mol. The van der Waals surface area contributed by atoms with E-state index in [0.29, 0.717) is 4.47 Å². The van der Waals surface area contributed by atoms with Gasteiger partial charge in [-0.15, -0.1) is 0 Å². The van der Waals surface area contributed by atoms with Crippen molar-refractivity contribution in [3.05, 3.63) is 22.7 Å². The molecule has 0 saturated carbocycles. The molecule has 0 bridgehead atoms. The van der Waals surface area contributed by atoms with Crippen LogP contribution in [0.1, 0.15) is 6.92 Å². The first-order valence-electron chi connectivity index (χ1n) is 6.85. The lowest BCUT2D eigenvalue weighted by Crippen LogP contribution is -2.46. The lowest BCUT2D eigenvalue weighted by molar-refractivity contribution is -0.153. The zero-order valence-corrected chi connectivity index (χ0v) is 13.4. The maximum absolute atomic E-state index is 12.4. The molecule has 1 aliphatic rings. The van der Waals surface area contributed by atoms with Crippen LogP contribution in [-0.4, -0.2) is 50.4 Å². The molecule has 1 aromatic carbocycles. The number of ether oxygens (including phenoxy) is 1. The highest BCUT2D eigenvalue weighted by atomic mass is 79.9. The van der Waals surface area contributed by atoms with Gasteiger partial charge in [-0.3, -0.25) is 0 Å². The van der Waals surface area contributed by atoms with Gasteiger partial charge in [-0.25, -0.2) is 0 Å². The average Bonchev–Trinajstić information content (AvgIpc) is 2.45. The van der Waals surface area contributed by atoms with E-state index in [1.165, 1.54) is 0 Å². The molecular formula is C14H18BrF3N2O. The van der Waals surface area contributed by atoms with E-state index in [1.807, 2.05) is 6.07 Å². The first-order valence-corrected chi connectivity index (χ1v) is 7.65. The number of anilines is 1. The van der Waals surface area contributed by atoms with Gasteiger partial charge < -0.3 is 14.5 Å². The predicted molar refractivity (Wildman–Crippen MR) is 80.0 cm³/mol. The molecule has 1 saturated heterocycles. The maximum Gasteiger partial charge on any atom is 0.422 e. The second-order valence-corrected chi connectivity index (χ2v) is 5.85. The number of likely N-dealkylation sites (N-methyl/N-ethyl adjacent to an activating group) is 1. The van der Waals surface area contributed by atoms with Crippen LogP contribution in [0.5, 0.6) is 5.75 Å². The van der Waals surface area contributed by atoms with Gasteiger partial charge >= 0.3 is 6.18 Å². The topological polar surface area (TPSA) is 15.7 Å². The normalized spacial score (nSPS) is 17.1. The van der Waals surface area contributed by atoms with Crippen molar-refractivity contribution < 1.29 is 17.9 Å². The van der Waals surface area contributed by atoms with Crippen molar-refractivity contribution in [2.24, 2.45) is 0 Å². The summed E-state index contributed by atoms with van der Waals surface area (Å²) in [5, 5.41) is 0. The van der Waals surface area contributed by atoms with Gasteiger partial charge in [0.2, 0.25) is 0 Å². The zero-order valence-electron chi connectivity index (χ0n) is 11.8. The second kappa shape index (κ2) is 6.87. The molecule has 0 atom stereocenters. The largest absolute Gasteiger partial charge is 0.482 e. The van der Waals surface area contributed by atoms with Gasteiger partial charge in [0, 0.05) is 30.7 Å². The van der Waals surface area contributed by atoms with E-state index in [-0.39, 0.29) is 5.75 Å². The Labute approximate surface area is 130 Å². The third kappa shape index (κ3) is 4.78. The minimum absolute atomic E-state index is 0.270. The fourth-order valence-electron chi connectivity index (χ4n) is 2.33. The third-order valence-corrected chi connectivity index (χ3v) is 3.97. The van der Waals surface area contributed by atoms with Gasteiger partial charge in [0.05, 0.1) is 5.69 Å². The van der Waals surface area contributed by atoms with Crippen molar-refractivity contribution in [1.82, 2.24) is 4.90 Å².